The highest BCUT2D eigenvalue weighted by Gasteiger charge is 2.06. The summed E-state index contributed by atoms with van der Waals surface area (Å²) in [6.45, 7) is 7.42. The molecule has 6 amide bonds. The number of nitrogens with one attached hydrogen (secondary N) is 6. The minimum absolute atomic E-state index is 0.0100. The Kier molecular flexibility index (Phi) is 46.7. The van der Waals surface area contributed by atoms with Crippen molar-refractivity contribution in [3.63, 3.8) is 0 Å². The average Bonchev–Trinajstić information content (AvgIpc) is 3.13. The van der Waals surface area contributed by atoms with E-state index in [1.165, 1.54) is 19.3 Å². The second kappa shape index (κ2) is 43.8. The lowest BCUT2D eigenvalue weighted by Gasteiger charge is -2.06. The second-order valence-corrected chi connectivity index (χ2v) is 12.1. The summed E-state index contributed by atoms with van der Waals surface area (Å²) in [6, 6.07) is 0. The van der Waals surface area contributed by atoms with Crippen LogP contribution in [-0.2, 0) is 33.6 Å². The van der Waals surface area contributed by atoms with Crippen LogP contribution in [0.2, 0.25) is 0 Å². The Labute approximate surface area is 317 Å². The fourth-order valence-electron chi connectivity index (χ4n) is 4.05. The van der Waals surface area contributed by atoms with Crippen molar-refractivity contribution in [3.8, 4) is 0 Å². The molecular formula is C33H64B4N8O7. The van der Waals surface area contributed by atoms with Crippen LogP contribution < -0.4 is 43.0 Å². The summed E-state index contributed by atoms with van der Waals surface area (Å²) in [4.78, 5) is 76.6. The number of amides is 6. The first-order valence-electron chi connectivity index (χ1n) is 18.2. The molecule has 0 rings (SSSR count). The van der Waals surface area contributed by atoms with Gasteiger partial charge in [0.2, 0.25) is 59.4 Å². The largest absolute Gasteiger partial charge is 0.409 e. The van der Waals surface area contributed by atoms with E-state index in [1.807, 2.05) is 24.3 Å². The molecule has 0 atom stereocenters. The van der Waals surface area contributed by atoms with E-state index in [4.69, 9.17) is 29.7 Å². The van der Waals surface area contributed by atoms with Gasteiger partial charge in [-0.15, -0.1) is 0 Å². The predicted molar refractivity (Wildman–Crippen MR) is 208 cm³/mol. The third kappa shape index (κ3) is 48.8. The molecular weight excluding hydrogens is 664 g/mol. The Morgan fingerprint density at radius 1 is 0.500 bits per heavy atom. The lowest BCUT2D eigenvalue weighted by molar-refractivity contribution is -0.122. The maximum Gasteiger partial charge on any atom is 0.226 e. The highest BCUT2D eigenvalue weighted by molar-refractivity contribution is 6.15. The number of ketones is 1. The van der Waals surface area contributed by atoms with E-state index in [1.54, 1.807) is 0 Å². The summed E-state index contributed by atoms with van der Waals surface area (Å²) in [5.74, 6) is -0.598. The molecule has 0 spiro atoms. The number of Topliss-reactive ketones (excluding diaryl/α,β-unsaturated/α-hetero) is 1. The van der Waals surface area contributed by atoms with Crippen LogP contribution in [-0.4, -0.2) is 99.3 Å². The fraction of sp³-hybridized carbons (Fsp3) is 0.788. The minimum Gasteiger partial charge on any atom is -0.409 e. The zero-order chi connectivity index (χ0) is 40.4. The molecule has 0 aromatic heterocycles. The van der Waals surface area contributed by atoms with Gasteiger partial charge in [-0.1, -0.05) is 59.3 Å². The number of carbonyl (C=O) groups excluding carboxylic acids is 7. The Morgan fingerprint density at radius 2 is 0.865 bits per heavy atom. The Morgan fingerprint density at radius 3 is 1.27 bits per heavy atom. The van der Waals surface area contributed by atoms with Gasteiger partial charge in [0.15, 0.2) is 7.98 Å². The summed E-state index contributed by atoms with van der Waals surface area (Å²) >= 11 is 0. The van der Waals surface area contributed by atoms with Crippen molar-refractivity contribution >= 4 is 73.2 Å². The van der Waals surface area contributed by atoms with Crippen LogP contribution in [0.3, 0.4) is 0 Å². The molecule has 0 fully saturated rings. The molecule has 19 heteroatoms. The van der Waals surface area contributed by atoms with Gasteiger partial charge in [-0.05, 0) is 44.9 Å². The molecule has 0 saturated heterocycles. The number of rotatable bonds is 28. The number of nitrogens with two attached hydrogens (primary N) is 2. The summed E-state index contributed by atoms with van der Waals surface area (Å²) in [7, 11) is 18.5. The molecule has 8 radical (unpaired) electrons. The van der Waals surface area contributed by atoms with Crippen molar-refractivity contribution in [2.45, 2.75) is 136 Å². The summed E-state index contributed by atoms with van der Waals surface area (Å²) in [5.41, 5.74) is 9.00. The Bertz CT molecular complexity index is 936. The van der Waals surface area contributed by atoms with E-state index in [-0.39, 0.29) is 42.6 Å². The highest BCUT2D eigenvalue weighted by atomic mass is 16.2. The Balaban J connectivity index is -0.000000359. The van der Waals surface area contributed by atoms with Gasteiger partial charge in [0.05, 0.1) is 13.1 Å². The van der Waals surface area contributed by atoms with Gasteiger partial charge in [0.1, 0.15) is 5.78 Å². The first kappa shape index (κ1) is 55.4. The van der Waals surface area contributed by atoms with Gasteiger partial charge >= 0.3 is 0 Å². The predicted octanol–water partition coefficient (Wildman–Crippen LogP) is 0.161. The van der Waals surface area contributed by atoms with Gasteiger partial charge in [0, 0.05) is 51.1 Å². The number of carbonyl (C=O) groups is 7. The lowest BCUT2D eigenvalue weighted by Crippen LogP contribution is -2.38. The molecule has 0 bridgehead atoms. The van der Waals surface area contributed by atoms with Crippen LogP contribution in [0.5, 0.6) is 0 Å². The molecule has 0 aliphatic rings. The van der Waals surface area contributed by atoms with Gasteiger partial charge in [-0.2, -0.15) is 0 Å². The topological polar surface area (TPSA) is 244 Å². The van der Waals surface area contributed by atoms with E-state index in [9.17, 15) is 33.6 Å². The highest BCUT2D eigenvalue weighted by Crippen LogP contribution is 2.08. The fourth-order valence-corrected chi connectivity index (χ4v) is 4.05. The summed E-state index contributed by atoms with van der Waals surface area (Å²) < 4.78 is 0. The first-order chi connectivity index (χ1) is 24.8. The Hall–Kier alpha value is -3.33. The molecule has 10 N–H and O–H groups in total. The van der Waals surface area contributed by atoms with Gasteiger partial charge in [-0.25, -0.2) is 0 Å². The smallest absolute Gasteiger partial charge is 0.226 e. The molecule has 0 aliphatic carbocycles. The van der Waals surface area contributed by atoms with Crippen LogP contribution in [0.1, 0.15) is 136 Å². The molecule has 0 saturated carbocycles. The number of hydrogen-bond acceptors (Lipinski definition) is 9. The van der Waals surface area contributed by atoms with Crippen LogP contribution >= 0.6 is 0 Å². The van der Waals surface area contributed by atoms with Crippen molar-refractivity contribution < 1.29 is 33.6 Å². The molecule has 0 unspecified atom stereocenters. The third-order valence-corrected chi connectivity index (χ3v) is 7.11. The standard InChI is InChI=1S/C18H34BN3O3.C11H21NO2.C4H7B2N3O2.BH2N/c1-2-3-4-9-14-20-16(23)11-6-5-10-15-21-17(24)12-7-8-13-18(25)22-19;1-9(2)10(13)7-5-3-4-6-8-11(12)14;5-8-3(10)1-7-2-4(11)9-6;1-2/h2-15H2,1H3,(H,20,23)(H,21,24)(H,22,25);9H,3-8H2,1-2H3,(H2,12,14);7H,1-2H2,(H,8,10)(H,9,11);2H2. The zero-order valence-corrected chi connectivity index (χ0v) is 32.0. The van der Waals surface area contributed by atoms with Crippen molar-refractivity contribution in [1.29, 1.82) is 0 Å². The molecule has 290 valence electrons. The van der Waals surface area contributed by atoms with Crippen molar-refractivity contribution in [2.75, 3.05) is 26.2 Å². The third-order valence-electron chi connectivity index (χ3n) is 7.11. The van der Waals surface area contributed by atoms with Crippen LogP contribution in [0, 0.1) is 5.92 Å². The molecule has 15 nitrogen and oxygen atoms in total. The van der Waals surface area contributed by atoms with Crippen molar-refractivity contribution in [1.82, 2.24) is 31.6 Å². The maximum absolute atomic E-state index is 11.6. The number of primary amides is 1. The summed E-state index contributed by atoms with van der Waals surface area (Å²) in [6.07, 6.45) is 15.0. The van der Waals surface area contributed by atoms with E-state index in [0.29, 0.717) is 57.3 Å². The lowest BCUT2D eigenvalue weighted by atomic mass is 10.0. The van der Waals surface area contributed by atoms with Crippen LogP contribution in [0.4, 0.5) is 0 Å². The monoisotopic (exact) mass is 729 g/mol. The molecule has 0 heterocycles. The van der Waals surface area contributed by atoms with E-state index >= 15 is 0 Å². The van der Waals surface area contributed by atoms with Gasteiger partial charge < -0.3 is 37.7 Å². The first-order valence-corrected chi connectivity index (χ1v) is 18.2. The van der Waals surface area contributed by atoms with Gasteiger partial charge in [0.25, 0.3) is 0 Å². The number of unbranched alkanes of at least 4 members (excludes halogenated alkanes) is 9. The van der Waals surface area contributed by atoms with E-state index in [2.05, 4.69) is 41.7 Å². The van der Waals surface area contributed by atoms with E-state index in [0.717, 1.165) is 57.9 Å². The average molecular weight is 728 g/mol. The number of hydrogen-bond donors (Lipinski definition) is 8. The SMILES string of the molecule is CC(C)C(=O)CCCCCCC(N)=O.[B]N.[B]NC(=O)CCCCC(=O)NCCCCCC(=O)NCCCCCC.[B]NC(=O)CNCC(=O)N[B]. The maximum atomic E-state index is 11.6. The normalized spacial score (nSPS) is 9.71. The molecule has 0 aliphatic heterocycles. The summed E-state index contributed by atoms with van der Waals surface area (Å²) in [5, 5.41) is 14.2. The molecule has 0 aromatic rings. The van der Waals surface area contributed by atoms with Crippen LogP contribution in [0.25, 0.3) is 0 Å². The second-order valence-electron chi connectivity index (χ2n) is 12.1. The van der Waals surface area contributed by atoms with Crippen molar-refractivity contribution in [2.24, 2.45) is 17.3 Å². The minimum atomic E-state index is -0.394. The molecule has 0 aromatic carbocycles. The quantitative estimate of drug-likeness (QED) is 0.0404. The van der Waals surface area contributed by atoms with E-state index < -0.39 is 11.8 Å². The van der Waals surface area contributed by atoms with Gasteiger partial charge in [-0.3, -0.25) is 38.9 Å². The molecule has 52 heavy (non-hydrogen) atoms. The van der Waals surface area contributed by atoms with Crippen molar-refractivity contribution in [3.05, 3.63) is 0 Å². The van der Waals surface area contributed by atoms with Crippen LogP contribution in [0.15, 0.2) is 0 Å². The zero-order valence-electron chi connectivity index (χ0n) is 32.0.